The minimum absolute atomic E-state index is 0.0873. The molecule has 0 saturated carbocycles. The van der Waals surface area contributed by atoms with Crippen LogP contribution in [0.1, 0.15) is 11.1 Å². The molecular weight excluding hydrogens is 230 g/mol. The van der Waals surface area contributed by atoms with Gasteiger partial charge in [0, 0.05) is 0 Å². The predicted molar refractivity (Wildman–Crippen MR) is 45.8 cm³/mol. The minimum atomic E-state index is -4.74. The molecule has 0 aliphatic rings. The third-order valence-electron chi connectivity index (χ3n) is 1.72. The summed E-state index contributed by atoms with van der Waals surface area (Å²) < 4.78 is 53.7. The van der Waals surface area contributed by atoms with E-state index in [1.54, 1.807) is 0 Å². The first kappa shape index (κ1) is 12.3. The fourth-order valence-electron chi connectivity index (χ4n) is 1.03. The molecule has 0 unspecified atom stereocenters. The topological polar surface area (TPSA) is 52.3 Å². The van der Waals surface area contributed by atoms with E-state index in [-0.39, 0.29) is 12.2 Å². The van der Waals surface area contributed by atoms with E-state index >= 15 is 0 Å². The third kappa shape index (κ3) is 3.11. The second kappa shape index (κ2) is 4.38. The van der Waals surface area contributed by atoms with Crippen molar-refractivity contribution in [2.75, 3.05) is 0 Å². The normalized spacial score (nSPS) is 11.2. The van der Waals surface area contributed by atoms with Crippen molar-refractivity contribution in [1.82, 2.24) is 0 Å². The molecule has 0 atom stereocenters. The number of hydrogen-bond donors (Lipinski definition) is 1. The van der Waals surface area contributed by atoms with Crippen LogP contribution in [0, 0.1) is 5.82 Å². The fraction of sp³-hybridized carbons (Fsp3) is 0.222. The quantitative estimate of drug-likeness (QED) is 0.803. The molecule has 1 rings (SSSR count). The Balaban J connectivity index is 2.87. The summed E-state index contributed by atoms with van der Waals surface area (Å²) in [5.41, 5.74) is 3.36. The smallest absolute Gasteiger partial charge is 0.419 e. The van der Waals surface area contributed by atoms with E-state index < -0.39 is 23.7 Å². The standard InChI is InChI=1S/C9H7F4NO2/c10-7-3-5(4-16-8(14)15)1-2-6(7)9(11,12)13/h1-3H,4H2,(H2,14,15). The van der Waals surface area contributed by atoms with E-state index in [9.17, 15) is 22.4 Å². The molecule has 0 fully saturated rings. The summed E-state index contributed by atoms with van der Waals surface area (Å²) in [6.07, 6.45) is -5.83. The van der Waals surface area contributed by atoms with Gasteiger partial charge in [0.25, 0.3) is 0 Å². The molecule has 7 heteroatoms. The van der Waals surface area contributed by atoms with Crippen LogP contribution in [0.2, 0.25) is 0 Å². The van der Waals surface area contributed by atoms with Gasteiger partial charge in [0.2, 0.25) is 0 Å². The molecule has 0 bridgehead atoms. The molecular formula is C9H7F4NO2. The predicted octanol–water partition coefficient (Wildman–Crippen LogP) is 2.44. The Hall–Kier alpha value is -1.79. The number of benzene rings is 1. The van der Waals surface area contributed by atoms with Gasteiger partial charge in [0.05, 0.1) is 5.56 Å². The fourth-order valence-corrected chi connectivity index (χ4v) is 1.03. The van der Waals surface area contributed by atoms with Gasteiger partial charge in [0.1, 0.15) is 12.4 Å². The van der Waals surface area contributed by atoms with Crippen LogP contribution in [0.4, 0.5) is 22.4 Å². The SMILES string of the molecule is NC(=O)OCc1ccc(C(F)(F)F)c(F)c1. The van der Waals surface area contributed by atoms with E-state index in [0.717, 1.165) is 6.07 Å². The van der Waals surface area contributed by atoms with E-state index in [1.807, 2.05) is 0 Å². The second-order valence-corrected chi connectivity index (χ2v) is 2.92. The van der Waals surface area contributed by atoms with Crippen LogP contribution >= 0.6 is 0 Å². The van der Waals surface area contributed by atoms with Crippen LogP contribution in [0.25, 0.3) is 0 Å². The number of halogens is 4. The van der Waals surface area contributed by atoms with Crippen LogP contribution in [-0.4, -0.2) is 6.09 Å². The summed E-state index contributed by atoms with van der Waals surface area (Å²) in [4.78, 5) is 10.2. The number of nitrogens with two attached hydrogens (primary N) is 1. The molecule has 0 saturated heterocycles. The van der Waals surface area contributed by atoms with Crippen molar-refractivity contribution >= 4 is 6.09 Å². The van der Waals surface area contributed by atoms with Crippen molar-refractivity contribution in [1.29, 1.82) is 0 Å². The molecule has 1 aromatic carbocycles. The molecule has 1 amide bonds. The summed E-state index contributed by atoms with van der Waals surface area (Å²) in [5, 5.41) is 0. The zero-order chi connectivity index (χ0) is 12.3. The monoisotopic (exact) mass is 237 g/mol. The maximum atomic E-state index is 13.0. The second-order valence-electron chi connectivity index (χ2n) is 2.92. The largest absolute Gasteiger partial charge is 0.445 e. The maximum Gasteiger partial charge on any atom is 0.419 e. The lowest BCUT2D eigenvalue weighted by molar-refractivity contribution is -0.140. The Bertz CT molecular complexity index is 403. The number of primary amides is 1. The average molecular weight is 237 g/mol. The van der Waals surface area contributed by atoms with Gasteiger partial charge in [-0.15, -0.1) is 0 Å². The number of carbonyl (C=O) groups is 1. The molecule has 3 nitrogen and oxygen atoms in total. The zero-order valence-electron chi connectivity index (χ0n) is 7.84. The van der Waals surface area contributed by atoms with Gasteiger partial charge in [-0.1, -0.05) is 6.07 Å². The first-order valence-electron chi connectivity index (χ1n) is 4.08. The maximum absolute atomic E-state index is 13.0. The van der Waals surface area contributed by atoms with Gasteiger partial charge in [-0.25, -0.2) is 9.18 Å². The third-order valence-corrected chi connectivity index (χ3v) is 1.72. The van der Waals surface area contributed by atoms with Crippen LogP contribution in [0.15, 0.2) is 18.2 Å². The Labute approximate surface area is 87.8 Å². The lowest BCUT2D eigenvalue weighted by Crippen LogP contribution is -2.13. The number of rotatable bonds is 2. The molecule has 0 aromatic heterocycles. The van der Waals surface area contributed by atoms with Crippen molar-refractivity contribution in [3.63, 3.8) is 0 Å². The highest BCUT2D eigenvalue weighted by molar-refractivity contribution is 5.64. The highest BCUT2D eigenvalue weighted by atomic mass is 19.4. The number of amides is 1. The van der Waals surface area contributed by atoms with Crippen LogP contribution in [0.3, 0.4) is 0 Å². The van der Waals surface area contributed by atoms with E-state index in [0.29, 0.717) is 12.1 Å². The molecule has 0 heterocycles. The van der Waals surface area contributed by atoms with Crippen LogP contribution in [-0.2, 0) is 17.5 Å². The van der Waals surface area contributed by atoms with Gasteiger partial charge in [-0.3, -0.25) is 0 Å². The van der Waals surface area contributed by atoms with Crippen molar-refractivity contribution in [2.45, 2.75) is 12.8 Å². The van der Waals surface area contributed by atoms with Gasteiger partial charge in [-0.2, -0.15) is 13.2 Å². The minimum Gasteiger partial charge on any atom is -0.445 e. The summed E-state index contributed by atoms with van der Waals surface area (Å²) >= 11 is 0. The van der Waals surface area contributed by atoms with Crippen molar-refractivity contribution in [2.24, 2.45) is 5.73 Å². The molecule has 0 radical (unpaired) electrons. The van der Waals surface area contributed by atoms with E-state index in [1.165, 1.54) is 0 Å². The zero-order valence-corrected chi connectivity index (χ0v) is 7.84. The summed E-state index contributed by atoms with van der Waals surface area (Å²) in [7, 11) is 0. The lowest BCUT2D eigenvalue weighted by Gasteiger charge is -2.09. The van der Waals surface area contributed by atoms with Gasteiger partial charge in [-0.05, 0) is 17.7 Å². The summed E-state index contributed by atoms with van der Waals surface area (Å²) in [5.74, 6) is -1.42. The van der Waals surface area contributed by atoms with Gasteiger partial charge >= 0.3 is 12.3 Å². The Morgan fingerprint density at radius 1 is 1.38 bits per heavy atom. The van der Waals surface area contributed by atoms with Crippen LogP contribution in [0.5, 0.6) is 0 Å². The Kier molecular flexibility index (Phi) is 3.36. The average Bonchev–Trinajstić information content (AvgIpc) is 2.12. The van der Waals surface area contributed by atoms with Crippen molar-refractivity contribution in [3.05, 3.63) is 35.1 Å². The first-order valence-corrected chi connectivity index (χ1v) is 4.08. The molecule has 88 valence electrons. The molecule has 16 heavy (non-hydrogen) atoms. The highest BCUT2D eigenvalue weighted by Gasteiger charge is 2.33. The molecule has 1 aromatic rings. The lowest BCUT2D eigenvalue weighted by atomic mass is 10.1. The molecule has 2 N–H and O–H groups in total. The van der Waals surface area contributed by atoms with Crippen molar-refractivity contribution < 1.29 is 27.1 Å². The summed E-state index contributed by atoms with van der Waals surface area (Å²) in [6, 6.07) is 2.23. The number of carbonyl (C=O) groups excluding carboxylic acids is 1. The van der Waals surface area contributed by atoms with E-state index in [2.05, 4.69) is 10.5 Å². The molecule has 0 spiro atoms. The molecule has 0 aliphatic carbocycles. The summed E-state index contributed by atoms with van der Waals surface area (Å²) in [6.45, 7) is -0.371. The molecule has 0 aliphatic heterocycles. The number of alkyl halides is 3. The number of hydrogen-bond acceptors (Lipinski definition) is 2. The van der Waals surface area contributed by atoms with Crippen LogP contribution < -0.4 is 5.73 Å². The van der Waals surface area contributed by atoms with Crippen molar-refractivity contribution in [3.8, 4) is 0 Å². The van der Waals surface area contributed by atoms with Gasteiger partial charge < -0.3 is 10.5 Å². The Morgan fingerprint density at radius 2 is 2.00 bits per heavy atom. The first-order chi connectivity index (χ1) is 7.30. The highest BCUT2D eigenvalue weighted by Crippen LogP contribution is 2.31. The Morgan fingerprint density at radius 3 is 2.44 bits per heavy atom. The van der Waals surface area contributed by atoms with Gasteiger partial charge in [0.15, 0.2) is 0 Å². The number of ether oxygens (including phenoxy) is 1. The van der Waals surface area contributed by atoms with E-state index in [4.69, 9.17) is 0 Å².